The number of hydrazone groups is 1. The molecule has 0 aromatic rings. The van der Waals surface area contributed by atoms with Gasteiger partial charge in [-0.15, -0.1) is 4.41 Å². The van der Waals surface area contributed by atoms with E-state index in [1.165, 1.54) is 42.0 Å². The number of fused-ring (bicyclic) bond motifs is 6. The van der Waals surface area contributed by atoms with Gasteiger partial charge >= 0.3 is 12.1 Å². The number of ether oxygens (including phenoxy) is 2. The number of allylic oxidation sites excluding steroid dienone is 2. The maximum absolute atomic E-state index is 12.2. The molecule has 0 bridgehead atoms. The van der Waals surface area contributed by atoms with Crippen LogP contribution >= 0.6 is 11.9 Å². The van der Waals surface area contributed by atoms with E-state index in [0.29, 0.717) is 30.3 Å². The highest BCUT2D eigenvalue weighted by atomic mass is 32.2. The lowest BCUT2D eigenvalue weighted by atomic mass is 9.46. The molecule has 1 aliphatic heterocycles. The van der Waals surface area contributed by atoms with E-state index in [1.54, 1.807) is 6.92 Å². The van der Waals surface area contributed by atoms with Gasteiger partial charge in [0, 0.05) is 24.3 Å². The van der Waals surface area contributed by atoms with Crippen LogP contribution in [0.15, 0.2) is 16.1 Å². The van der Waals surface area contributed by atoms with Crippen LogP contribution < -0.4 is 0 Å². The Morgan fingerprint density at radius 1 is 1.19 bits per heavy atom. The second-order valence-electron chi connectivity index (χ2n) is 10.6. The molecule has 6 nitrogen and oxygen atoms in total. The predicted molar refractivity (Wildman–Crippen MR) is 120 cm³/mol. The fraction of sp³-hybridized carbons (Fsp3) is 0.792. The monoisotopic (exact) mass is 446 g/mol. The number of amides is 1. The molecule has 3 fully saturated rings. The first-order chi connectivity index (χ1) is 14.8. The Bertz CT molecular complexity index is 857. The summed E-state index contributed by atoms with van der Waals surface area (Å²) >= 11 is 1.42. The number of nitrogens with zero attached hydrogens (tertiary/aromatic N) is 2. The molecule has 7 atom stereocenters. The molecule has 0 N–H and O–H groups in total. The lowest BCUT2D eigenvalue weighted by Crippen LogP contribution is -2.53. The topological polar surface area (TPSA) is 68.2 Å². The van der Waals surface area contributed by atoms with Gasteiger partial charge in [-0.1, -0.05) is 19.9 Å². The molecule has 0 saturated heterocycles. The van der Waals surface area contributed by atoms with Gasteiger partial charge in [-0.05, 0) is 81.0 Å². The number of esters is 1. The van der Waals surface area contributed by atoms with Crippen LogP contribution in [-0.4, -0.2) is 34.9 Å². The van der Waals surface area contributed by atoms with Gasteiger partial charge in [0.05, 0.1) is 17.2 Å². The van der Waals surface area contributed by atoms with Gasteiger partial charge in [-0.3, -0.25) is 4.79 Å². The zero-order valence-corrected chi connectivity index (χ0v) is 19.9. The first kappa shape index (κ1) is 21.4. The van der Waals surface area contributed by atoms with Crippen molar-refractivity contribution in [2.75, 3.05) is 6.61 Å². The fourth-order valence-electron chi connectivity index (χ4n) is 7.71. The zero-order chi connectivity index (χ0) is 22.0. The van der Waals surface area contributed by atoms with Crippen molar-refractivity contribution in [2.24, 2.45) is 39.6 Å². The van der Waals surface area contributed by atoms with Crippen molar-refractivity contribution < 1.29 is 19.1 Å². The highest BCUT2D eigenvalue weighted by Gasteiger charge is 2.61. The predicted octanol–water partition coefficient (Wildman–Crippen LogP) is 5.54. The minimum absolute atomic E-state index is 0.0773. The van der Waals surface area contributed by atoms with E-state index in [2.05, 4.69) is 25.0 Å². The molecule has 0 radical (unpaired) electrons. The SMILES string of the molecule is CCOC(=O)N1N=C2C[C@@H]3CC[C@@H]4[C@H](CC[C@]5(C)[C@@H](OC(C)=O)CC[C@@H]45)[C@@]3(C)C=C2S1. The van der Waals surface area contributed by atoms with Gasteiger partial charge in [0.15, 0.2) is 0 Å². The molecule has 1 heterocycles. The normalized spacial score (nSPS) is 43.1. The molecule has 5 rings (SSSR count). The average Bonchev–Trinajstić information content (AvgIpc) is 3.26. The van der Waals surface area contributed by atoms with Crippen molar-refractivity contribution in [1.82, 2.24) is 4.41 Å². The number of hydrogen-bond acceptors (Lipinski definition) is 6. The number of carbonyl (C=O) groups excluding carboxylic acids is 2. The number of carbonyl (C=O) groups is 2. The summed E-state index contributed by atoms with van der Waals surface area (Å²) in [7, 11) is 0. The first-order valence-corrected chi connectivity index (χ1v) is 12.7. The summed E-state index contributed by atoms with van der Waals surface area (Å²) in [5.74, 6) is 2.40. The van der Waals surface area contributed by atoms with Crippen molar-refractivity contribution >= 4 is 29.7 Å². The Kier molecular flexibility index (Phi) is 5.19. The van der Waals surface area contributed by atoms with Crippen molar-refractivity contribution in [3.63, 3.8) is 0 Å². The molecular formula is C24H34N2O4S. The Morgan fingerprint density at radius 3 is 2.74 bits per heavy atom. The van der Waals surface area contributed by atoms with E-state index in [0.717, 1.165) is 29.9 Å². The third-order valence-corrected chi connectivity index (χ3v) is 10.1. The molecule has 0 aromatic carbocycles. The summed E-state index contributed by atoms with van der Waals surface area (Å²) in [5, 5.41) is 4.58. The molecule has 0 unspecified atom stereocenters. The van der Waals surface area contributed by atoms with Crippen LogP contribution in [0.4, 0.5) is 4.79 Å². The van der Waals surface area contributed by atoms with E-state index >= 15 is 0 Å². The maximum Gasteiger partial charge on any atom is 0.441 e. The molecule has 170 valence electrons. The van der Waals surface area contributed by atoms with Crippen LogP contribution in [0.1, 0.15) is 72.6 Å². The van der Waals surface area contributed by atoms with Crippen LogP contribution in [0.5, 0.6) is 0 Å². The second kappa shape index (κ2) is 7.53. The van der Waals surface area contributed by atoms with Gasteiger partial charge in [-0.2, -0.15) is 5.10 Å². The van der Waals surface area contributed by atoms with Crippen LogP contribution in [0.25, 0.3) is 0 Å². The number of rotatable bonds is 2. The van der Waals surface area contributed by atoms with Gasteiger partial charge < -0.3 is 9.47 Å². The summed E-state index contributed by atoms with van der Waals surface area (Å²) < 4.78 is 12.4. The molecule has 1 amide bonds. The Balaban J connectivity index is 1.40. The molecule has 0 spiro atoms. The Hall–Kier alpha value is -1.50. The molecular weight excluding hydrogens is 412 g/mol. The smallest absolute Gasteiger partial charge is 0.441 e. The Labute approximate surface area is 189 Å². The molecule has 4 aliphatic carbocycles. The summed E-state index contributed by atoms with van der Waals surface area (Å²) in [4.78, 5) is 25.0. The first-order valence-electron chi connectivity index (χ1n) is 11.9. The van der Waals surface area contributed by atoms with Gasteiger partial charge in [0.25, 0.3) is 0 Å². The quantitative estimate of drug-likeness (QED) is 0.411. The summed E-state index contributed by atoms with van der Waals surface area (Å²) in [6, 6.07) is 0. The van der Waals surface area contributed by atoms with E-state index in [1.807, 2.05) is 6.92 Å². The van der Waals surface area contributed by atoms with Crippen molar-refractivity contribution in [2.45, 2.75) is 78.7 Å². The summed E-state index contributed by atoms with van der Waals surface area (Å²) in [6.07, 6.45) is 10.0. The highest BCUT2D eigenvalue weighted by Crippen LogP contribution is 2.66. The molecule has 0 aromatic heterocycles. The second-order valence-corrected chi connectivity index (χ2v) is 11.5. The van der Waals surface area contributed by atoms with E-state index in [9.17, 15) is 9.59 Å². The standard InChI is InChI=1S/C24H34N2O4S/c1-5-29-22(28)26-25-19-12-15-6-7-16-17-8-9-21(30-14(2)27)23(17,3)11-10-18(16)24(15,4)13-20(19)31-26/h13,15-18,21H,5-12H2,1-4H3/t15-,16-,17-,18-,21-,23-,24-/m0/s1. The average molecular weight is 447 g/mol. The third kappa shape index (κ3) is 3.25. The van der Waals surface area contributed by atoms with E-state index in [-0.39, 0.29) is 29.0 Å². The minimum atomic E-state index is -0.378. The molecule has 5 aliphatic rings. The molecule has 31 heavy (non-hydrogen) atoms. The Morgan fingerprint density at radius 2 is 2.00 bits per heavy atom. The van der Waals surface area contributed by atoms with E-state index in [4.69, 9.17) is 9.47 Å². The molecule has 3 saturated carbocycles. The van der Waals surface area contributed by atoms with Gasteiger partial charge in [0.1, 0.15) is 6.10 Å². The van der Waals surface area contributed by atoms with Crippen LogP contribution in [-0.2, 0) is 14.3 Å². The third-order valence-electron chi connectivity index (χ3n) is 9.17. The highest BCUT2D eigenvalue weighted by molar-refractivity contribution is 8.02. The summed E-state index contributed by atoms with van der Waals surface area (Å²) in [5.41, 5.74) is 1.30. The van der Waals surface area contributed by atoms with Crippen molar-refractivity contribution in [3.8, 4) is 0 Å². The lowest BCUT2D eigenvalue weighted by molar-refractivity contribution is -0.158. The van der Waals surface area contributed by atoms with Crippen molar-refractivity contribution in [3.05, 3.63) is 11.0 Å². The van der Waals surface area contributed by atoms with E-state index < -0.39 is 0 Å². The zero-order valence-electron chi connectivity index (χ0n) is 19.1. The van der Waals surface area contributed by atoms with Gasteiger partial charge in [-0.25, -0.2) is 4.79 Å². The largest absolute Gasteiger partial charge is 0.462 e. The van der Waals surface area contributed by atoms with Crippen molar-refractivity contribution in [1.29, 1.82) is 0 Å². The molecule has 7 heteroatoms. The van der Waals surface area contributed by atoms with Gasteiger partial charge in [0.2, 0.25) is 0 Å². The van der Waals surface area contributed by atoms with Crippen LogP contribution in [0, 0.1) is 34.5 Å². The van der Waals surface area contributed by atoms with Crippen LogP contribution in [0.2, 0.25) is 0 Å². The summed E-state index contributed by atoms with van der Waals surface area (Å²) in [6.45, 7) is 8.54. The minimum Gasteiger partial charge on any atom is -0.462 e. The maximum atomic E-state index is 12.2. The lowest BCUT2D eigenvalue weighted by Gasteiger charge is -2.59. The fourth-order valence-corrected chi connectivity index (χ4v) is 8.70. The van der Waals surface area contributed by atoms with Crippen LogP contribution in [0.3, 0.4) is 0 Å². The number of hydrogen-bond donors (Lipinski definition) is 0.